The van der Waals surface area contributed by atoms with Crippen LogP contribution in [0.4, 0.5) is 10.1 Å². The zero-order chi connectivity index (χ0) is 23.5. The second-order valence-corrected chi connectivity index (χ2v) is 8.36. The lowest BCUT2D eigenvalue weighted by molar-refractivity contribution is 0.603. The minimum absolute atomic E-state index is 0.232. The molecule has 0 aliphatic rings. The molecule has 3 heterocycles. The molecular weight excluding hydrogens is 415 g/mol. The van der Waals surface area contributed by atoms with E-state index in [2.05, 4.69) is 28.5 Å². The monoisotopic (exact) mass is 446 g/mol. The molecule has 0 unspecified atom stereocenters. The number of fused-ring (bicyclic) bond motifs is 1. The van der Waals surface area contributed by atoms with Crippen LogP contribution in [-0.2, 0) is 26.4 Å². The van der Waals surface area contributed by atoms with Crippen molar-refractivity contribution >= 4 is 16.9 Å². The van der Waals surface area contributed by atoms with Gasteiger partial charge in [-0.1, -0.05) is 33.3 Å². The molecule has 1 aromatic carbocycles. The number of aryl methyl sites for hydroxylation is 4. The first-order chi connectivity index (χ1) is 16.0. The van der Waals surface area contributed by atoms with Crippen molar-refractivity contribution in [3.8, 4) is 11.3 Å². The summed E-state index contributed by atoms with van der Waals surface area (Å²) < 4.78 is 19.2. The third-order valence-corrected chi connectivity index (χ3v) is 6.10. The van der Waals surface area contributed by atoms with Gasteiger partial charge >= 0.3 is 0 Å². The van der Waals surface area contributed by atoms with Crippen molar-refractivity contribution in [3.05, 3.63) is 64.8 Å². The van der Waals surface area contributed by atoms with Gasteiger partial charge in [-0.15, -0.1) is 0 Å². The number of unbranched alkanes of at least 4 members (excludes halogenated alkanes) is 1. The van der Waals surface area contributed by atoms with E-state index in [1.807, 2.05) is 45.3 Å². The van der Waals surface area contributed by atoms with Crippen LogP contribution in [-0.4, -0.2) is 24.3 Å². The van der Waals surface area contributed by atoms with E-state index in [1.165, 1.54) is 0 Å². The Morgan fingerprint density at radius 2 is 1.85 bits per heavy atom. The molecule has 0 aliphatic carbocycles. The van der Waals surface area contributed by atoms with E-state index < -0.39 is 0 Å². The molecule has 4 rings (SSSR count). The van der Waals surface area contributed by atoms with Gasteiger partial charge in [-0.05, 0) is 55.0 Å². The summed E-state index contributed by atoms with van der Waals surface area (Å²) >= 11 is 0. The van der Waals surface area contributed by atoms with Gasteiger partial charge in [0.1, 0.15) is 16.7 Å². The lowest BCUT2D eigenvalue weighted by Gasteiger charge is -2.14. The second kappa shape index (κ2) is 9.65. The van der Waals surface area contributed by atoms with Crippen LogP contribution < -0.4 is 5.49 Å². The molecule has 0 aliphatic heterocycles. The van der Waals surface area contributed by atoms with Gasteiger partial charge in [0.05, 0.1) is 18.1 Å². The van der Waals surface area contributed by atoms with Gasteiger partial charge in [0.2, 0.25) is 0 Å². The summed E-state index contributed by atoms with van der Waals surface area (Å²) in [5.41, 5.74) is 7.02. The van der Waals surface area contributed by atoms with Gasteiger partial charge in [0.25, 0.3) is 0 Å². The fourth-order valence-electron chi connectivity index (χ4n) is 4.11. The average molecular weight is 447 g/mol. The Hall–Kier alpha value is -3.35. The fraction of sp³-hybridized carbons (Fsp3) is 0.385. The van der Waals surface area contributed by atoms with E-state index in [0.29, 0.717) is 23.2 Å². The van der Waals surface area contributed by atoms with Crippen LogP contribution in [0.15, 0.2) is 41.8 Å². The standard InChI is InChI=1S/C26H31FN6/c1-6-9-12-33-23(31-25-17(4)18(7-2)13-19(8-3)24(25)27)11-10-21-26(33)30-22(15-28-21)20-14-29-32(5)16-20/h10-11,13-16H,6-9,12H2,1-5H3/b31-23+. The lowest BCUT2D eigenvalue weighted by Crippen LogP contribution is -2.22. The molecule has 0 saturated heterocycles. The molecule has 172 valence electrons. The third kappa shape index (κ3) is 4.45. The highest BCUT2D eigenvalue weighted by Crippen LogP contribution is 2.29. The van der Waals surface area contributed by atoms with Gasteiger partial charge < -0.3 is 4.57 Å². The molecule has 6 nitrogen and oxygen atoms in total. The van der Waals surface area contributed by atoms with Crippen LogP contribution >= 0.6 is 0 Å². The molecule has 4 aromatic rings. The van der Waals surface area contributed by atoms with Crippen molar-refractivity contribution in [1.29, 1.82) is 0 Å². The summed E-state index contributed by atoms with van der Waals surface area (Å²) in [5.74, 6) is -0.232. The van der Waals surface area contributed by atoms with Crippen LogP contribution in [0.5, 0.6) is 0 Å². The molecule has 0 fully saturated rings. The van der Waals surface area contributed by atoms with Crippen LogP contribution in [0.1, 0.15) is 50.3 Å². The molecular formula is C26H31FN6. The Labute approximate surface area is 193 Å². The van der Waals surface area contributed by atoms with Crippen molar-refractivity contribution in [2.24, 2.45) is 12.0 Å². The lowest BCUT2D eigenvalue weighted by atomic mass is 9.99. The maximum absolute atomic E-state index is 15.4. The number of halogens is 1. The largest absolute Gasteiger partial charge is 0.309 e. The minimum atomic E-state index is -0.232. The third-order valence-electron chi connectivity index (χ3n) is 6.10. The quantitative estimate of drug-likeness (QED) is 0.380. The number of rotatable bonds is 7. The number of pyridine rings is 1. The Bertz CT molecular complexity index is 1340. The van der Waals surface area contributed by atoms with Crippen molar-refractivity contribution in [1.82, 2.24) is 24.3 Å². The Morgan fingerprint density at radius 1 is 1.06 bits per heavy atom. The highest BCUT2D eigenvalue weighted by atomic mass is 19.1. The highest BCUT2D eigenvalue weighted by molar-refractivity contribution is 5.73. The fourth-order valence-corrected chi connectivity index (χ4v) is 4.11. The second-order valence-electron chi connectivity index (χ2n) is 8.36. The van der Waals surface area contributed by atoms with E-state index in [-0.39, 0.29) is 5.82 Å². The zero-order valence-corrected chi connectivity index (χ0v) is 20.1. The first-order valence-corrected chi connectivity index (χ1v) is 11.7. The molecule has 0 amide bonds. The first-order valence-electron chi connectivity index (χ1n) is 11.7. The summed E-state index contributed by atoms with van der Waals surface area (Å²) in [4.78, 5) is 14.4. The van der Waals surface area contributed by atoms with E-state index in [1.54, 1.807) is 17.1 Å². The normalized spacial score (nSPS) is 12.1. The van der Waals surface area contributed by atoms with Crippen molar-refractivity contribution in [3.63, 3.8) is 0 Å². The van der Waals surface area contributed by atoms with Gasteiger partial charge in [-0.25, -0.2) is 14.4 Å². The summed E-state index contributed by atoms with van der Waals surface area (Å²) in [6, 6.07) is 5.80. The Morgan fingerprint density at radius 3 is 2.52 bits per heavy atom. The van der Waals surface area contributed by atoms with E-state index >= 15 is 4.39 Å². The zero-order valence-electron chi connectivity index (χ0n) is 20.1. The molecule has 0 radical (unpaired) electrons. The smallest absolute Gasteiger partial charge is 0.160 e. The Kier molecular flexibility index (Phi) is 6.67. The Balaban J connectivity index is 1.98. The molecule has 0 bridgehead atoms. The van der Waals surface area contributed by atoms with Crippen LogP contribution in [0.2, 0.25) is 0 Å². The molecule has 0 spiro atoms. The molecule has 0 saturated carbocycles. The molecule has 3 aromatic heterocycles. The number of hydrogen-bond donors (Lipinski definition) is 0. The maximum Gasteiger partial charge on any atom is 0.160 e. The predicted molar refractivity (Wildman–Crippen MR) is 130 cm³/mol. The molecule has 0 atom stereocenters. The van der Waals surface area contributed by atoms with Gasteiger partial charge in [0, 0.05) is 25.4 Å². The molecule has 0 N–H and O–H groups in total. The highest BCUT2D eigenvalue weighted by Gasteiger charge is 2.15. The van der Waals surface area contributed by atoms with Gasteiger partial charge in [-0.3, -0.25) is 9.67 Å². The molecule has 7 heteroatoms. The van der Waals surface area contributed by atoms with E-state index in [9.17, 15) is 0 Å². The number of benzene rings is 1. The van der Waals surface area contributed by atoms with E-state index in [4.69, 9.17) is 9.98 Å². The number of hydrogen-bond acceptors (Lipinski definition) is 4. The summed E-state index contributed by atoms with van der Waals surface area (Å²) in [6.45, 7) is 8.91. The first kappa shape index (κ1) is 22.8. The summed E-state index contributed by atoms with van der Waals surface area (Å²) in [7, 11) is 1.88. The topological polar surface area (TPSA) is 60.9 Å². The molecule has 33 heavy (non-hydrogen) atoms. The summed E-state index contributed by atoms with van der Waals surface area (Å²) in [5, 5.41) is 4.25. The van der Waals surface area contributed by atoms with Crippen molar-refractivity contribution in [2.45, 2.75) is 59.9 Å². The van der Waals surface area contributed by atoms with Crippen LogP contribution in [0, 0.1) is 12.7 Å². The number of aromatic nitrogens is 5. The predicted octanol–water partition coefficient (Wildman–Crippen LogP) is 5.44. The summed E-state index contributed by atoms with van der Waals surface area (Å²) in [6.07, 6.45) is 8.93. The van der Waals surface area contributed by atoms with Gasteiger partial charge in [0.15, 0.2) is 11.5 Å². The van der Waals surface area contributed by atoms with E-state index in [0.717, 1.165) is 59.4 Å². The number of nitrogens with zero attached hydrogens (tertiary/aromatic N) is 6. The van der Waals surface area contributed by atoms with Crippen molar-refractivity contribution < 1.29 is 4.39 Å². The van der Waals surface area contributed by atoms with Crippen LogP contribution in [0.3, 0.4) is 0 Å². The average Bonchev–Trinajstić information content (AvgIpc) is 3.26. The maximum atomic E-state index is 15.4. The van der Waals surface area contributed by atoms with Gasteiger partial charge in [-0.2, -0.15) is 5.10 Å². The minimum Gasteiger partial charge on any atom is -0.309 e. The van der Waals surface area contributed by atoms with Crippen molar-refractivity contribution in [2.75, 3.05) is 0 Å². The van der Waals surface area contributed by atoms with Crippen LogP contribution in [0.25, 0.3) is 22.4 Å². The SMILES string of the molecule is CCCCn1/c(=N/c2c(C)c(CC)cc(CC)c2F)ccc2ncc(-c3cnn(C)c3)nc21.